The van der Waals surface area contributed by atoms with Gasteiger partial charge in [-0.05, 0) is 18.1 Å². The number of nitrogens with zero attached hydrogens (tertiary/aromatic N) is 1. The maximum atomic E-state index is 10.9. The Labute approximate surface area is 106 Å². The summed E-state index contributed by atoms with van der Waals surface area (Å²) in [4.78, 5) is 10.5. The highest BCUT2D eigenvalue weighted by molar-refractivity contribution is 5.62. The molecule has 0 amide bonds. The van der Waals surface area contributed by atoms with Crippen molar-refractivity contribution in [2.24, 2.45) is 0 Å². The number of nitrogens with one attached hydrogen (secondary N) is 2. The first kappa shape index (κ1) is 14.4. The number of rotatable bonds is 7. The van der Waals surface area contributed by atoms with Crippen LogP contribution < -0.4 is 10.6 Å². The molecule has 0 fully saturated rings. The van der Waals surface area contributed by atoms with Gasteiger partial charge in [0, 0.05) is 25.7 Å². The Morgan fingerprint density at radius 1 is 1.50 bits per heavy atom. The largest absolute Gasteiger partial charge is 0.395 e. The number of benzene rings is 1. The first-order chi connectivity index (χ1) is 8.62. The highest BCUT2D eigenvalue weighted by atomic mass is 16.6. The number of hydrogen-bond donors (Lipinski definition) is 3. The van der Waals surface area contributed by atoms with Crippen LogP contribution in [0, 0.1) is 10.1 Å². The zero-order valence-electron chi connectivity index (χ0n) is 10.6. The van der Waals surface area contributed by atoms with Crippen LogP contribution in [0.4, 0.5) is 11.4 Å². The first-order valence-corrected chi connectivity index (χ1v) is 5.91. The predicted molar refractivity (Wildman–Crippen MR) is 70.6 cm³/mol. The van der Waals surface area contributed by atoms with Crippen molar-refractivity contribution in [2.75, 3.05) is 19.0 Å². The summed E-state index contributed by atoms with van der Waals surface area (Å²) in [5, 5.41) is 25.9. The van der Waals surface area contributed by atoms with E-state index < -0.39 is 4.92 Å². The molecular formula is C12H19N3O3. The van der Waals surface area contributed by atoms with Crippen molar-refractivity contribution in [3.05, 3.63) is 33.9 Å². The number of anilines is 1. The molecule has 3 N–H and O–H groups in total. The lowest BCUT2D eigenvalue weighted by Crippen LogP contribution is -2.31. The molecule has 6 nitrogen and oxygen atoms in total. The minimum absolute atomic E-state index is 0.0213. The first-order valence-electron chi connectivity index (χ1n) is 5.91. The number of nitro benzene ring substituents is 1. The minimum atomic E-state index is -0.404. The third-order valence-corrected chi connectivity index (χ3v) is 2.84. The van der Waals surface area contributed by atoms with Gasteiger partial charge in [0.15, 0.2) is 0 Å². The SMILES string of the molecule is CC[C@@H](CO)NCc1ccc(NC)c([N+](=O)[O-])c1. The quantitative estimate of drug-likeness (QED) is 0.506. The molecule has 0 aliphatic rings. The van der Waals surface area contributed by atoms with Crippen LogP contribution in [-0.2, 0) is 6.54 Å². The van der Waals surface area contributed by atoms with Gasteiger partial charge in [0.05, 0.1) is 11.5 Å². The van der Waals surface area contributed by atoms with E-state index in [4.69, 9.17) is 5.11 Å². The molecule has 1 aromatic rings. The fraction of sp³-hybridized carbons (Fsp3) is 0.500. The topological polar surface area (TPSA) is 87.4 Å². The molecular weight excluding hydrogens is 234 g/mol. The summed E-state index contributed by atoms with van der Waals surface area (Å²) in [5.74, 6) is 0. The van der Waals surface area contributed by atoms with E-state index in [1.807, 2.05) is 13.0 Å². The van der Waals surface area contributed by atoms with Gasteiger partial charge >= 0.3 is 0 Å². The van der Waals surface area contributed by atoms with Crippen molar-refractivity contribution in [3.8, 4) is 0 Å². The summed E-state index contributed by atoms with van der Waals surface area (Å²) in [5.41, 5.74) is 1.39. The van der Waals surface area contributed by atoms with Crippen molar-refractivity contribution < 1.29 is 10.0 Å². The second-order valence-corrected chi connectivity index (χ2v) is 4.03. The molecule has 100 valence electrons. The van der Waals surface area contributed by atoms with Crippen LogP contribution in [0.25, 0.3) is 0 Å². The number of aliphatic hydroxyl groups excluding tert-OH is 1. The molecule has 18 heavy (non-hydrogen) atoms. The van der Waals surface area contributed by atoms with Gasteiger partial charge < -0.3 is 15.7 Å². The number of aliphatic hydroxyl groups is 1. The highest BCUT2D eigenvalue weighted by Crippen LogP contribution is 2.24. The lowest BCUT2D eigenvalue weighted by molar-refractivity contribution is -0.384. The molecule has 0 spiro atoms. The Morgan fingerprint density at radius 2 is 2.22 bits per heavy atom. The van der Waals surface area contributed by atoms with E-state index in [0.29, 0.717) is 12.2 Å². The van der Waals surface area contributed by atoms with E-state index in [1.165, 1.54) is 0 Å². The molecule has 0 aromatic heterocycles. The zero-order chi connectivity index (χ0) is 13.5. The van der Waals surface area contributed by atoms with E-state index in [0.717, 1.165) is 12.0 Å². The average Bonchev–Trinajstić information content (AvgIpc) is 2.39. The fourth-order valence-corrected chi connectivity index (χ4v) is 1.65. The molecule has 1 rings (SSSR count). The zero-order valence-corrected chi connectivity index (χ0v) is 10.6. The second kappa shape index (κ2) is 6.93. The molecule has 1 aromatic carbocycles. The molecule has 0 aliphatic heterocycles. The van der Waals surface area contributed by atoms with E-state index in [1.54, 1.807) is 19.2 Å². The van der Waals surface area contributed by atoms with E-state index >= 15 is 0 Å². The number of nitro groups is 1. The molecule has 0 heterocycles. The van der Waals surface area contributed by atoms with Gasteiger partial charge in [0.2, 0.25) is 0 Å². The third-order valence-electron chi connectivity index (χ3n) is 2.84. The molecule has 0 aliphatic carbocycles. The maximum Gasteiger partial charge on any atom is 0.292 e. The van der Waals surface area contributed by atoms with Gasteiger partial charge in [-0.2, -0.15) is 0 Å². The molecule has 0 saturated carbocycles. The molecule has 1 atom stereocenters. The second-order valence-electron chi connectivity index (χ2n) is 4.03. The van der Waals surface area contributed by atoms with Gasteiger partial charge in [0.25, 0.3) is 5.69 Å². The highest BCUT2D eigenvalue weighted by Gasteiger charge is 2.13. The third kappa shape index (κ3) is 3.68. The van der Waals surface area contributed by atoms with E-state index in [-0.39, 0.29) is 18.3 Å². The fourth-order valence-electron chi connectivity index (χ4n) is 1.65. The molecule has 6 heteroatoms. The standard InChI is InChI=1S/C12H19N3O3/c1-3-10(8-16)14-7-9-4-5-11(13-2)12(6-9)15(17)18/h4-6,10,13-14,16H,3,7-8H2,1-2H3/t10-/m0/s1. The molecule has 0 unspecified atom stereocenters. The van der Waals surface area contributed by atoms with Crippen LogP contribution in [0.15, 0.2) is 18.2 Å². The summed E-state index contributed by atoms with van der Waals surface area (Å²) in [6.45, 7) is 2.54. The van der Waals surface area contributed by atoms with E-state index in [2.05, 4.69) is 10.6 Å². The Hall–Kier alpha value is -1.66. The van der Waals surface area contributed by atoms with Gasteiger partial charge in [-0.15, -0.1) is 0 Å². The lowest BCUT2D eigenvalue weighted by Gasteiger charge is -2.14. The van der Waals surface area contributed by atoms with E-state index in [9.17, 15) is 10.1 Å². The van der Waals surface area contributed by atoms with Crippen molar-refractivity contribution >= 4 is 11.4 Å². The molecule has 0 saturated heterocycles. The van der Waals surface area contributed by atoms with Crippen molar-refractivity contribution in [1.29, 1.82) is 0 Å². The maximum absolute atomic E-state index is 10.9. The van der Waals surface area contributed by atoms with Crippen molar-refractivity contribution in [1.82, 2.24) is 5.32 Å². The lowest BCUT2D eigenvalue weighted by atomic mass is 10.1. The monoisotopic (exact) mass is 253 g/mol. The summed E-state index contributed by atoms with van der Waals surface area (Å²) in [7, 11) is 1.65. The Kier molecular flexibility index (Phi) is 5.54. The van der Waals surface area contributed by atoms with Crippen LogP contribution in [0.3, 0.4) is 0 Å². The van der Waals surface area contributed by atoms with Crippen LogP contribution in [0.5, 0.6) is 0 Å². The van der Waals surface area contributed by atoms with Gasteiger partial charge in [-0.3, -0.25) is 10.1 Å². The van der Waals surface area contributed by atoms with Gasteiger partial charge in [-0.25, -0.2) is 0 Å². The Morgan fingerprint density at radius 3 is 2.72 bits per heavy atom. The minimum Gasteiger partial charge on any atom is -0.395 e. The van der Waals surface area contributed by atoms with Crippen LogP contribution >= 0.6 is 0 Å². The van der Waals surface area contributed by atoms with Crippen molar-refractivity contribution in [3.63, 3.8) is 0 Å². The van der Waals surface area contributed by atoms with Crippen LogP contribution in [-0.4, -0.2) is 29.7 Å². The summed E-state index contributed by atoms with van der Waals surface area (Å²) >= 11 is 0. The molecule has 0 radical (unpaired) electrons. The van der Waals surface area contributed by atoms with Gasteiger partial charge in [0.1, 0.15) is 5.69 Å². The van der Waals surface area contributed by atoms with Crippen LogP contribution in [0.1, 0.15) is 18.9 Å². The smallest absolute Gasteiger partial charge is 0.292 e. The average molecular weight is 253 g/mol. The Bertz CT molecular complexity index is 406. The summed E-state index contributed by atoms with van der Waals surface area (Å²) in [6, 6.07) is 5.08. The van der Waals surface area contributed by atoms with Gasteiger partial charge in [-0.1, -0.05) is 13.0 Å². The molecule has 0 bridgehead atoms. The van der Waals surface area contributed by atoms with Crippen molar-refractivity contribution in [2.45, 2.75) is 25.9 Å². The predicted octanol–water partition coefficient (Wildman–Crippen LogP) is 1.50. The number of hydrogen-bond acceptors (Lipinski definition) is 5. The summed E-state index contributed by atoms with van der Waals surface area (Å²) < 4.78 is 0. The normalized spacial score (nSPS) is 12.2. The Balaban J connectivity index is 2.79. The van der Waals surface area contributed by atoms with Crippen LogP contribution in [0.2, 0.25) is 0 Å². The summed E-state index contributed by atoms with van der Waals surface area (Å²) in [6.07, 6.45) is 0.813.